The summed E-state index contributed by atoms with van der Waals surface area (Å²) in [7, 11) is 0. The van der Waals surface area contributed by atoms with E-state index < -0.39 is 11.7 Å². The molecule has 1 saturated heterocycles. The number of carbonyl (C=O) groups is 2. The minimum atomic E-state index is -0.566. The summed E-state index contributed by atoms with van der Waals surface area (Å²) in [6.07, 6.45) is 1.45. The Balaban J connectivity index is 1.53. The van der Waals surface area contributed by atoms with Crippen molar-refractivity contribution in [3.8, 4) is 0 Å². The van der Waals surface area contributed by atoms with Crippen LogP contribution in [0.2, 0.25) is 0 Å². The lowest BCUT2D eigenvalue weighted by atomic mass is 9.95. The molecule has 7 heteroatoms. The Morgan fingerprint density at radius 1 is 0.917 bits per heavy atom. The molecule has 2 aromatic rings. The average Bonchev–Trinajstić information content (AvgIpc) is 2.81. The van der Waals surface area contributed by atoms with Crippen molar-refractivity contribution >= 4 is 23.4 Å². The topological polar surface area (TPSA) is 82.7 Å². The predicted octanol–water partition coefficient (Wildman–Crippen LogP) is 5.46. The number of rotatable bonds is 7. The summed E-state index contributed by atoms with van der Waals surface area (Å²) in [5.74, 6) is 0.00146. The molecule has 2 aromatic carbocycles. The van der Waals surface area contributed by atoms with Crippen LogP contribution in [-0.2, 0) is 16.1 Å². The van der Waals surface area contributed by atoms with Gasteiger partial charge < -0.3 is 15.4 Å². The molecule has 0 aromatic heterocycles. The molecule has 196 valence electrons. The summed E-state index contributed by atoms with van der Waals surface area (Å²) < 4.78 is 5.43. The summed E-state index contributed by atoms with van der Waals surface area (Å²) in [6, 6.07) is 10.7. The van der Waals surface area contributed by atoms with Gasteiger partial charge in [0, 0.05) is 31.4 Å². The molecule has 3 rings (SSSR count). The molecule has 3 N–H and O–H groups in total. The van der Waals surface area contributed by atoms with Gasteiger partial charge in [0.05, 0.1) is 12.2 Å². The van der Waals surface area contributed by atoms with Crippen LogP contribution >= 0.6 is 0 Å². The van der Waals surface area contributed by atoms with Gasteiger partial charge in [-0.2, -0.15) is 0 Å². The molecule has 1 fully saturated rings. The Morgan fingerprint density at radius 3 is 2.03 bits per heavy atom. The number of hydrogen-bond acceptors (Lipinski definition) is 5. The molecule has 0 radical (unpaired) electrons. The quantitative estimate of drug-likeness (QED) is 0.476. The van der Waals surface area contributed by atoms with Crippen molar-refractivity contribution in [2.45, 2.75) is 79.5 Å². The fourth-order valence-corrected chi connectivity index (χ4v) is 4.70. The maximum Gasteiger partial charge on any atom is 0.412 e. The van der Waals surface area contributed by atoms with Gasteiger partial charge in [0.25, 0.3) is 0 Å². The molecule has 1 aliphatic heterocycles. The molecule has 0 bridgehead atoms. The van der Waals surface area contributed by atoms with Gasteiger partial charge in [0.1, 0.15) is 5.60 Å². The van der Waals surface area contributed by atoms with Crippen molar-refractivity contribution in [3.05, 3.63) is 58.1 Å². The van der Waals surface area contributed by atoms with Gasteiger partial charge >= 0.3 is 6.09 Å². The normalized spacial score (nSPS) is 14.9. The first-order valence-electron chi connectivity index (χ1n) is 12.8. The van der Waals surface area contributed by atoms with E-state index in [2.05, 4.69) is 45.1 Å². The van der Waals surface area contributed by atoms with Gasteiger partial charge in [-0.25, -0.2) is 4.79 Å². The first-order chi connectivity index (χ1) is 16.9. The molecule has 36 heavy (non-hydrogen) atoms. The van der Waals surface area contributed by atoms with Gasteiger partial charge in [-0.1, -0.05) is 30.3 Å². The highest BCUT2D eigenvalue weighted by molar-refractivity contribution is 5.90. The molecular formula is C29H42N4O3. The Kier molecular flexibility index (Phi) is 9.01. The summed E-state index contributed by atoms with van der Waals surface area (Å²) in [4.78, 5) is 27.5. The van der Waals surface area contributed by atoms with Crippen molar-refractivity contribution < 1.29 is 14.3 Å². The highest BCUT2D eigenvalue weighted by Crippen LogP contribution is 2.34. The minimum Gasteiger partial charge on any atom is -0.444 e. The number of benzene rings is 2. The van der Waals surface area contributed by atoms with E-state index >= 15 is 0 Å². The van der Waals surface area contributed by atoms with E-state index in [1.54, 1.807) is 0 Å². The molecule has 7 nitrogen and oxygen atoms in total. The van der Waals surface area contributed by atoms with Gasteiger partial charge in [-0.05, 0) is 89.1 Å². The molecule has 1 heterocycles. The Hall–Kier alpha value is -3.06. The number of nitrogens with zero attached hydrogens (tertiary/aromatic N) is 1. The van der Waals surface area contributed by atoms with E-state index in [1.807, 2.05) is 54.5 Å². The second kappa shape index (κ2) is 11.8. The summed E-state index contributed by atoms with van der Waals surface area (Å²) >= 11 is 0. The smallest absolute Gasteiger partial charge is 0.412 e. The van der Waals surface area contributed by atoms with Crippen LogP contribution in [0.1, 0.15) is 61.4 Å². The van der Waals surface area contributed by atoms with E-state index in [0.717, 1.165) is 66.1 Å². The van der Waals surface area contributed by atoms with Crippen molar-refractivity contribution in [1.29, 1.82) is 0 Å². The number of ether oxygens (including phenoxy) is 1. The zero-order valence-electron chi connectivity index (χ0n) is 22.9. The Labute approximate surface area is 216 Å². The second-order valence-corrected chi connectivity index (χ2v) is 10.8. The number of nitrogens with one attached hydrogen (secondary N) is 3. The number of piperidine rings is 1. The molecule has 1 aliphatic rings. The molecule has 0 saturated carbocycles. The summed E-state index contributed by atoms with van der Waals surface area (Å²) in [5, 5.41) is 9.45. The Bertz CT molecular complexity index is 1040. The average molecular weight is 495 g/mol. The van der Waals surface area contributed by atoms with Crippen LogP contribution in [0.3, 0.4) is 0 Å². The third-order valence-corrected chi connectivity index (χ3v) is 6.88. The van der Waals surface area contributed by atoms with Crippen molar-refractivity contribution in [2.24, 2.45) is 0 Å². The van der Waals surface area contributed by atoms with Gasteiger partial charge in [-0.3, -0.25) is 15.0 Å². The maximum atomic E-state index is 12.7. The second-order valence-electron chi connectivity index (χ2n) is 10.8. The number of amides is 2. The number of carbonyl (C=O) groups excluding carboxylic acids is 2. The van der Waals surface area contributed by atoms with Crippen LogP contribution in [0.25, 0.3) is 0 Å². The first kappa shape index (κ1) is 27.5. The highest BCUT2D eigenvalue weighted by atomic mass is 16.6. The van der Waals surface area contributed by atoms with E-state index in [4.69, 9.17) is 4.74 Å². The number of hydrogen-bond donors (Lipinski definition) is 3. The minimum absolute atomic E-state index is 0.00146. The lowest BCUT2D eigenvalue weighted by Crippen LogP contribution is -2.45. The maximum absolute atomic E-state index is 12.7. The standard InChI is InChI=1S/C29H42N4O3/c1-19-21(3)27(32-28(35)36-29(5,6)7)22(4)20(2)26(19)30-17-25(34)31-24-13-15-33(16-14-24)18-23-11-9-8-10-12-23/h8-12,24,30H,13-18H2,1-7H3,(H,31,34)(H,32,35). The van der Waals surface area contributed by atoms with Crippen LogP contribution < -0.4 is 16.0 Å². The molecule has 0 unspecified atom stereocenters. The first-order valence-corrected chi connectivity index (χ1v) is 12.8. The van der Waals surface area contributed by atoms with Gasteiger partial charge in [0.15, 0.2) is 0 Å². The largest absolute Gasteiger partial charge is 0.444 e. The summed E-state index contributed by atoms with van der Waals surface area (Å²) in [6.45, 7) is 16.6. The van der Waals surface area contributed by atoms with Crippen LogP contribution in [-0.4, -0.2) is 48.2 Å². The lowest BCUT2D eigenvalue weighted by molar-refractivity contribution is -0.120. The number of anilines is 2. The van der Waals surface area contributed by atoms with Crippen molar-refractivity contribution in [1.82, 2.24) is 10.2 Å². The van der Waals surface area contributed by atoms with Crippen LogP contribution in [0.15, 0.2) is 30.3 Å². The van der Waals surface area contributed by atoms with Crippen molar-refractivity contribution in [3.63, 3.8) is 0 Å². The SMILES string of the molecule is Cc1c(C)c(NC(=O)OC(C)(C)C)c(C)c(C)c1NCC(=O)NC1CCN(Cc2ccccc2)CC1. The zero-order chi connectivity index (χ0) is 26.5. The van der Waals surface area contributed by atoms with E-state index in [0.29, 0.717) is 0 Å². The van der Waals surface area contributed by atoms with E-state index in [-0.39, 0.29) is 18.5 Å². The van der Waals surface area contributed by atoms with Crippen LogP contribution in [0.4, 0.5) is 16.2 Å². The van der Waals surface area contributed by atoms with E-state index in [1.165, 1.54) is 5.56 Å². The van der Waals surface area contributed by atoms with Crippen LogP contribution in [0.5, 0.6) is 0 Å². The fourth-order valence-electron chi connectivity index (χ4n) is 4.70. The third-order valence-electron chi connectivity index (χ3n) is 6.88. The predicted molar refractivity (Wildman–Crippen MR) is 147 cm³/mol. The summed E-state index contributed by atoms with van der Waals surface area (Å²) in [5.41, 5.74) is 6.38. The molecular weight excluding hydrogens is 452 g/mol. The molecule has 0 spiro atoms. The molecule has 2 amide bonds. The fraction of sp³-hybridized carbons (Fsp3) is 0.517. The van der Waals surface area contributed by atoms with Crippen LogP contribution in [0, 0.1) is 27.7 Å². The monoisotopic (exact) mass is 494 g/mol. The number of likely N-dealkylation sites (tertiary alicyclic amines) is 1. The van der Waals surface area contributed by atoms with E-state index in [9.17, 15) is 9.59 Å². The lowest BCUT2D eigenvalue weighted by Gasteiger charge is -2.32. The zero-order valence-corrected chi connectivity index (χ0v) is 22.9. The van der Waals surface area contributed by atoms with Gasteiger partial charge in [0.2, 0.25) is 5.91 Å². The Morgan fingerprint density at radius 2 is 1.47 bits per heavy atom. The highest BCUT2D eigenvalue weighted by Gasteiger charge is 2.23. The third kappa shape index (κ3) is 7.47. The molecule has 0 aliphatic carbocycles. The van der Waals surface area contributed by atoms with Crippen molar-refractivity contribution in [2.75, 3.05) is 30.3 Å². The molecule has 0 atom stereocenters. The van der Waals surface area contributed by atoms with Gasteiger partial charge in [-0.15, -0.1) is 0 Å².